The Kier molecular flexibility index (Phi) is 9.87. The van der Waals surface area contributed by atoms with Gasteiger partial charge in [-0.05, 0) is 38.1 Å². The molecule has 0 amide bonds. The van der Waals surface area contributed by atoms with Gasteiger partial charge >= 0.3 is 13.7 Å². The van der Waals surface area contributed by atoms with Crippen molar-refractivity contribution in [2.24, 2.45) is 0 Å². The molecule has 0 radical (unpaired) electrons. The fraction of sp³-hybridized carbons (Fsp3) is 0.300. The molecule has 0 aromatic heterocycles. The summed E-state index contributed by atoms with van der Waals surface area (Å²) in [4.78, 5) is 22.7. The molecule has 0 aliphatic heterocycles. The Bertz CT molecular complexity index is 933. The second-order valence-electron chi connectivity index (χ2n) is 6.65. The molecule has 0 saturated carbocycles. The first-order valence-corrected chi connectivity index (χ1v) is 12.3. The van der Waals surface area contributed by atoms with E-state index in [0.29, 0.717) is 20.8 Å². The quantitative estimate of drug-likeness (QED) is 0.261. The van der Waals surface area contributed by atoms with Crippen molar-refractivity contribution in [3.8, 4) is 5.75 Å². The van der Waals surface area contributed by atoms with Crippen LogP contribution in [0.5, 0.6) is 5.75 Å². The predicted octanol–water partition coefficient (Wildman–Crippen LogP) is 5.20. The van der Waals surface area contributed by atoms with Gasteiger partial charge in [-0.2, -0.15) is 5.09 Å². The van der Waals surface area contributed by atoms with Crippen LogP contribution in [-0.4, -0.2) is 36.1 Å². The third kappa shape index (κ3) is 8.14. The van der Waals surface area contributed by atoms with Crippen molar-refractivity contribution >= 4 is 51.9 Å². The van der Waals surface area contributed by atoms with Crippen molar-refractivity contribution in [3.05, 3.63) is 62.5 Å². The van der Waals surface area contributed by atoms with Gasteiger partial charge in [0.05, 0.1) is 30.9 Å². The van der Waals surface area contributed by atoms with E-state index in [4.69, 9.17) is 13.8 Å². The molecule has 0 fully saturated rings. The van der Waals surface area contributed by atoms with Gasteiger partial charge < -0.3 is 19.2 Å². The summed E-state index contributed by atoms with van der Waals surface area (Å²) in [6.07, 6.45) is 0.444. The topological polar surface area (TPSA) is 111 Å². The highest BCUT2D eigenvalue weighted by atomic mass is 79.9. The van der Waals surface area contributed by atoms with Crippen LogP contribution in [0.2, 0.25) is 0 Å². The van der Waals surface area contributed by atoms with Gasteiger partial charge in [0.15, 0.2) is 0 Å². The number of halogens is 2. The van der Waals surface area contributed by atoms with Gasteiger partial charge in [-0.25, -0.2) is 9.36 Å². The highest BCUT2D eigenvalue weighted by Crippen LogP contribution is 2.46. The van der Waals surface area contributed by atoms with Crippen LogP contribution in [0, 0.1) is 0 Å². The molecule has 1 unspecified atom stereocenters. The summed E-state index contributed by atoms with van der Waals surface area (Å²) >= 11 is 6.61. The normalized spacial score (nSPS) is 14.1. The van der Waals surface area contributed by atoms with Crippen molar-refractivity contribution in [2.45, 2.75) is 32.6 Å². The van der Waals surface area contributed by atoms with Crippen LogP contribution >= 0.6 is 39.6 Å². The van der Waals surface area contributed by atoms with Gasteiger partial charge in [0.2, 0.25) is 0 Å². The molecule has 0 heterocycles. The van der Waals surface area contributed by atoms with Crippen molar-refractivity contribution in [3.63, 3.8) is 0 Å². The maximum Gasteiger partial charge on any atom is 0.459 e. The fourth-order valence-corrected chi connectivity index (χ4v) is 5.17. The Balaban J connectivity index is 2.25. The minimum absolute atomic E-state index is 0.0205. The number of hydrogen-bond donors (Lipinski definition) is 2. The van der Waals surface area contributed by atoms with Crippen molar-refractivity contribution in [1.82, 2.24) is 5.09 Å². The van der Waals surface area contributed by atoms with E-state index in [9.17, 15) is 19.3 Å². The number of carbonyl (C=O) groups is 2. The average Bonchev–Trinajstić information content (AvgIpc) is 2.71. The molecular formula is C20H22Br2NO7P. The zero-order valence-corrected chi connectivity index (χ0v) is 20.9. The number of benzene rings is 2. The molecule has 2 rings (SSSR count). The lowest BCUT2D eigenvalue weighted by Crippen LogP contribution is -2.35. The van der Waals surface area contributed by atoms with Gasteiger partial charge in [0.1, 0.15) is 12.0 Å². The van der Waals surface area contributed by atoms with Crippen LogP contribution in [0.3, 0.4) is 0 Å². The summed E-state index contributed by atoms with van der Waals surface area (Å²) in [6.45, 7) is 3.41. The molecule has 2 atom stereocenters. The summed E-state index contributed by atoms with van der Waals surface area (Å²) < 4.78 is 31.0. The lowest BCUT2D eigenvalue weighted by molar-refractivity contribution is -0.111. The Morgan fingerprint density at radius 2 is 1.81 bits per heavy atom. The van der Waals surface area contributed by atoms with E-state index in [2.05, 4.69) is 36.9 Å². The molecule has 8 nitrogen and oxygen atoms in total. The van der Waals surface area contributed by atoms with E-state index in [-0.39, 0.29) is 30.6 Å². The van der Waals surface area contributed by atoms with Gasteiger partial charge in [0.25, 0.3) is 0 Å². The highest BCUT2D eigenvalue weighted by molar-refractivity contribution is 9.11. The minimum atomic E-state index is -4.03. The van der Waals surface area contributed by atoms with Crippen LogP contribution in [0.1, 0.15) is 29.8 Å². The first-order valence-electron chi connectivity index (χ1n) is 9.18. The number of aromatic carboxylic acids is 1. The zero-order chi connectivity index (χ0) is 23.0. The summed E-state index contributed by atoms with van der Waals surface area (Å²) in [5.74, 6) is -0.806. The maximum atomic E-state index is 13.5. The van der Waals surface area contributed by atoms with Crippen molar-refractivity contribution in [1.29, 1.82) is 0 Å². The molecule has 0 bridgehead atoms. The third-order valence-electron chi connectivity index (χ3n) is 3.83. The summed E-state index contributed by atoms with van der Waals surface area (Å²) in [6, 6.07) is 10.3. The molecule has 0 aliphatic carbocycles. The molecule has 2 N–H and O–H groups in total. The Morgan fingerprint density at radius 1 is 1.19 bits per heavy atom. The second-order valence-corrected chi connectivity index (χ2v) is 10.1. The number of ether oxygens (including phenoxy) is 1. The largest absolute Gasteiger partial charge is 0.478 e. The molecule has 0 spiro atoms. The van der Waals surface area contributed by atoms with E-state index in [1.54, 1.807) is 30.3 Å². The number of para-hydroxylation sites is 1. The molecule has 0 aliphatic rings. The SMILES string of the molecule is CC(C)OC[C@@H](C=O)NP(=O)(OCc1c(Br)cc(C(=O)O)cc1Br)Oc1ccccc1. The second kappa shape index (κ2) is 11.9. The van der Waals surface area contributed by atoms with Crippen molar-refractivity contribution in [2.75, 3.05) is 6.61 Å². The number of carbonyl (C=O) groups excluding carboxylic acids is 1. The van der Waals surface area contributed by atoms with Crippen LogP contribution in [0.25, 0.3) is 0 Å². The van der Waals surface area contributed by atoms with E-state index >= 15 is 0 Å². The van der Waals surface area contributed by atoms with Crippen LogP contribution < -0.4 is 9.61 Å². The van der Waals surface area contributed by atoms with Gasteiger partial charge in [-0.3, -0.25) is 4.52 Å². The molecule has 2 aromatic rings. The Morgan fingerprint density at radius 3 is 2.32 bits per heavy atom. The van der Waals surface area contributed by atoms with Gasteiger partial charge in [-0.1, -0.05) is 50.1 Å². The molecular weight excluding hydrogens is 557 g/mol. The standard InChI is InChI=1S/C20H22Br2NO7P/c1-13(2)28-11-15(10-24)23-31(27,30-16-6-4-3-5-7-16)29-12-17-18(21)8-14(20(25)26)9-19(17)22/h3-10,13,15H,11-12H2,1-2H3,(H,23,27)(H,25,26)/t15-,31?/m1/s1. The molecule has 31 heavy (non-hydrogen) atoms. The lowest BCUT2D eigenvalue weighted by atomic mass is 10.1. The van der Waals surface area contributed by atoms with E-state index < -0.39 is 19.8 Å². The molecule has 11 heteroatoms. The zero-order valence-electron chi connectivity index (χ0n) is 16.8. The van der Waals surface area contributed by atoms with Crippen molar-refractivity contribution < 1.29 is 33.0 Å². The summed E-state index contributed by atoms with van der Waals surface area (Å²) in [5, 5.41) is 11.8. The van der Waals surface area contributed by atoms with Crippen LogP contribution in [0.4, 0.5) is 0 Å². The van der Waals surface area contributed by atoms with E-state index in [1.165, 1.54) is 12.1 Å². The average molecular weight is 579 g/mol. The summed E-state index contributed by atoms with van der Waals surface area (Å²) in [7, 11) is -4.03. The number of nitrogens with one attached hydrogen (secondary N) is 1. The lowest BCUT2D eigenvalue weighted by Gasteiger charge is -2.24. The first-order chi connectivity index (χ1) is 14.6. The maximum absolute atomic E-state index is 13.5. The number of hydrogen-bond acceptors (Lipinski definition) is 6. The predicted molar refractivity (Wildman–Crippen MR) is 122 cm³/mol. The smallest absolute Gasteiger partial charge is 0.459 e. The Hall–Kier alpha value is -1.55. The monoisotopic (exact) mass is 577 g/mol. The molecule has 168 valence electrons. The Labute approximate surface area is 197 Å². The highest BCUT2D eigenvalue weighted by Gasteiger charge is 2.31. The fourth-order valence-electron chi connectivity index (χ4n) is 2.33. The third-order valence-corrected chi connectivity index (χ3v) is 6.82. The minimum Gasteiger partial charge on any atom is -0.478 e. The number of carboxylic acid groups (broad SMARTS) is 1. The van der Waals surface area contributed by atoms with E-state index in [1.807, 2.05) is 13.8 Å². The summed E-state index contributed by atoms with van der Waals surface area (Å²) in [5.41, 5.74) is 0.584. The van der Waals surface area contributed by atoms with Gasteiger partial charge in [-0.15, -0.1) is 0 Å². The van der Waals surface area contributed by atoms with Gasteiger partial charge in [0, 0.05) is 14.5 Å². The van der Waals surface area contributed by atoms with Crippen LogP contribution in [0.15, 0.2) is 51.4 Å². The number of rotatable bonds is 12. The van der Waals surface area contributed by atoms with Crippen LogP contribution in [-0.2, 0) is 25.2 Å². The molecule has 0 saturated heterocycles. The number of aldehydes is 1. The first kappa shape index (κ1) is 25.7. The van der Waals surface area contributed by atoms with E-state index in [0.717, 1.165) is 0 Å². The number of carboxylic acids is 1. The molecule has 2 aromatic carbocycles.